The van der Waals surface area contributed by atoms with Gasteiger partial charge in [0.25, 0.3) is 0 Å². The Bertz CT molecular complexity index is 368. The molecule has 0 aliphatic rings. The van der Waals surface area contributed by atoms with Gasteiger partial charge < -0.3 is 10.1 Å². The van der Waals surface area contributed by atoms with Crippen LogP contribution < -0.4 is 10.1 Å². The highest BCUT2D eigenvalue weighted by atomic mass is 32.1. The van der Waals surface area contributed by atoms with Gasteiger partial charge in [0.15, 0.2) is 0 Å². The van der Waals surface area contributed by atoms with Gasteiger partial charge in [0.1, 0.15) is 5.75 Å². The van der Waals surface area contributed by atoms with Crippen molar-refractivity contribution >= 4 is 24.2 Å². The van der Waals surface area contributed by atoms with Gasteiger partial charge in [-0.05, 0) is 42.9 Å². The molecule has 0 spiro atoms. The van der Waals surface area contributed by atoms with Crippen LogP contribution in [0.1, 0.15) is 17.5 Å². The number of ether oxygens (including phenoxy) is 1. The summed E-state index contributed by atoms with van der Waals surface area (Å²) in [5.41, 5.74) is 2.84. The summed E-state index contributed by atoms with van der Waals surface area (Å²) in [6, 6.07) is 3.81. The van der Waals surface area contributed by atoms with Crippen LogP contribution in [0.5, 0.6) is 5.75 Å². The number of aryl methyl sites for hydroxylation is 2. The van der Waals surface area contributed by atoms with Gasteiger partial charge in [0, 0.05) is 12.1 Å². The third kappa shape index (κ3) is 3.17. The number of carbonyl (C=O) groups excluding carboxylic acids is 1. The van der Waals surface area contributed by atoms with E-state index in [2.05, 4.69) is 17.9 Å². The topological polar surface area (TPSA) is 38.3 Å². The SMILES string of the molecule is COc1c(C)cc(NC(=O)CCS)cc1C. The molecule has 88 valence electrons. The average Bonchev–Trinajstić information content (AvgIpc) is 2.17. The molecule has 0 saturated heterocycles. The zero-order valence-electron chi connectivity index (χ0n) is 9.83. The molecule has 1 N–H and O–H groups in total. The first-order chi connectivity index (χ1) is 7.58. The Morgan fingerprint density at radius 3 is 2.38 bits per heavy atom. The maximum Gasteiger partial charge on any atom is 0.225 e. The summed E-state index contributed by atoms with van der Waals surface area (Å²) in [4.78, 5) is 11.4. The summed E-state index contributed by atoms with van der Waals surface area (Å²) in [7, 11) is 1.65. The Hall–Kier alpha value is -1.16. The average molecular weight is 239 g/mol. The lowest BCUT2D eigenvalue weighted by Crippen LogP contribution is -2.12. The van der Waals surface area contributed by atoms with Crippen molar-refractivity contribution < 1.29 is 9.53 Å². The Labute approximate surface area is 102 Å². The van der Waals surface area contributed by atoms with Crippen molar-refractivity contribution in [2.75, 3.05) is 18.2 Å². The number of hydrogen-bond acceptors (Lipinski definition) is 3. The number of benzene rings is 1. The first-order valence-electron chi connectivity index (χ1n) is 5.14. The van der Waals surface area contributed by atoms with Crippen molar-refractivity contribution in [2.45, 2.75) is 20.3 Å². The fourth-order valence-electron chi connectivity index (χ4n) is 1.67. The summed E-state index contributed by atoms with van der Waals surface area (Å²) >= 11 is 4.02. The molecule has 4 heteroatoms. The second-order valence-electron chi connectivity index (χ2n) is 3.67. The molecule has 0 saturated carbocycles. The van der Waals surface area contributed by atoms with E-state index in [4.69, 9.17) is 4.74 Å². The maximum atomic E-state index is 11.4. The molecule has 1 aromatic carbocycles. The Kier molecular flexibility index (Phi) is 4.68. The quantitative estimate of drug-likeness (QED) is 0.793. The number of methoxy groups -OCH3 is 1. The van der Waals surface area contributed by atoms with Crippen LogP contribution >= 0.6 is 12.6 Å². The maximum absolute atomic E-state index is 11.4. The predicted octanol–water partition coefficient (Wildman–Crippen LogP) is 2.57. The molecule has 1 aromatic rings. The van der Waals surface area contributed by atoms with E-state index in [1.54, 1.807) is 7.11 Å². The smallest absolute Gasteiger partial charge is 0.225 e. The van der Waals surface area contributed by atoms with Crippen LogP contribution in [-0.2, 0) is 4.79 Å². The molecular formula is C12H17NO2S. The first-order valence-corrected chi connectivity index (χ1v) is 5.77. The van der Waals surface area contributed by atoms with Crippen molar-refractivity contribution in [3.63, 3.8) is 0 Å². The lowest BCUT2D eigenvalue weighted by atomic mass is 10.1. The zero-order chi connectivity index (χ0) is 12.1. The summed E-state index contributed by atoms with van der Waals surface area (Å²) < 4.78 is 5.26. The van der Waals surface area contributed by atoms with Crippen molar-refractivity contribution in [3.8, 4) is 5.75 Å². The van der Waals surface area contributed by atoms with Crippen molar-refractivity contribution in [1.82, 2.24) is 0 Å². The van der Waals surface area contributed by atoms with E-state index in [1.165, 1.54) is 0 Å². The molecule has 0 aliphatic heterocycles. The minimum absolute atomic E-state index is 0.0148. The number of nitrogens with one attached hydrogen (secondary N) is 1. The summed E-state index contributed by atoms with van der Waals surface area (Å²) in [5, 5.41) is 2.83. The second-order valence-corrected chi connectivity index (χ2v) is 4.11. The largest absolute Gasteiger partial charge is 0.496 e. The van der Waals surface area contributed by atoms with E-state index >= 15 is 0 Å². The minimum Gasteiger partial charge on any atom is -0.496 e. The minimum atomic E-state index is -0.0148. The number of anilines is 1. The van der Waals surface area contributed by atoms with Gasteiger partial charge in [0.05, 0.1) is 7.11 Å². The van der Waals surface area contributed by atoms with Gasteiger partial charge in [0.2, 0.25) is 5.91 Å². The number of thiol groups is 1. The molecule has 16 heavy (non-hydrogen) atoms. The van der Waals surface area contributed by atoms with Crippen LogP contribution in [0.4, 0.5) is 5.69 Å². The molecule has 1 amide bonds. The number of rotatable bonds is 4. The molecule has 0 aliphatic carbocycles. The molecule has 1 rings (SSSR count). The van der Waals surface area contributed by atoms with Gasteiger partial charge in [-0.15, -0.1) is 0 Å². The molecule has 0 radical (unpaired) electrons. The van der Waals surface area contributed by atoms with Crippen LogP contribution in [0.25, 0.3) is 0 Å². The van der Waals surface area contributed by atoms with E-state index in [0.717, 1.165) is 22.6 Å². The zero-order valence-corrected chi connectivity index (χ0v) is 10.7. The van der Waals surface area contributed by atoms with Crippen LogP contribution in [-0.4, -0.2) is 18.8 Å². The molecule has 3 nitrogen and oxygen atoms in total. The molecular weight excluding hydrogens is 222 g/mol. The van der Waals surface area contributed by atoms with Gasteiger partial charge in [-0.25, -0.2) is 0 Å². The van der Waals surface area contributed by atoms with Crippen LogP contribution in [0, 0.1) is 13.8 Å². The molecule has 0 bridgehead atoms. The molecule has 0 unspecified atom stereocenters. The first kappa shape index (κ1) is 12.9. The third-order valence-corrected chi connectivity index (χ3v) is 2.51. The Morgan fingerprint density at radius 1 is 1.38 bits per heavy atom. The van der Waals surface area contributed by atoms with Crippen LogP contribution in [0.15, 0.2) is 12.1 Å². The van der Waals surface area contributed by atoms with E-state index in [0.29, 0.717) is 12.2 Å². The third-order valence-electron chi connectivity index (χ3n) is 2.29. The molecule has 0 atom stereocenters. The lowest BCUT2D eigenvalue weighted by molar-refractivity contribution is -0.115. The molecule has 0 aromatic heterocycles. The van der Waals surface area contributed by atoms with E-state index in [-0.39, 0.29) is 5.91 Å². The van der Waals surface area contributed by atoms with Crippen LogP contribution in [0.2, 0.25) is 0 Å². The van der Waals surface area contributed by atoms with Crippen molar-refractivity contribution in [2.24, 2.45) is 0 Å². The fraction of sp³-hybridized carbons (Fsp3) is 0.417. The monoisotopic (exact) mass is 239 g/mol. The molecule has 0 heterocycles. The predicted molar refractivity (Wildman–Crippen MR) is 69.6 cm³/mol. The number of hydrogen-bond donors (Lipinski definition) is 2. The number of amides is 1. The van der Waals surface area contributed by atoms with E-state index in [1.807, 2.05) is 26.0 Å². The highest BCUT2D eigenvalue weighted by Crippen LogP contribution is 2.26. The van der Waals surface area contributed by atoms with E-state index in [9.17, 15) is 4.79 Å². The van der Waals surface area contributed by atoms with Gasteiger partial charge >= 0.3 is 0 Å². The lowest BCUT2D eigenvalue weighted by Gasteiger charge is -2.11. The van der Waals surface area contributed by atoms with E-state index < -0.39 is 0 Å². The van der Waals surface area contributed by atoms with Crippen molar-refractivity contribution in [3.05, 3.63) is 23.3 Å². The Balaban J connectivity index is 2.87. The summed E-state index contributed by atoms with van der Waals surface area (Å²) in [6.07, 6.45) is 0.424. The fourth-order valence-corrected chi connectivity index (χ4v) is 1.87. The van der Waals surface area contributed by atoms with Crippen LogP contribution in [0.3, 0.4) is 0 Å². The van der Waals surface area contributed by atoms with Gasteiger partial charge in [-0.2, -0.15) is 12.6 Å². The Morgan fingerprint density at radius 2 is 1.94 bits per heavy atom. The second kappa shape index (κ2) is 5.80. The standard InChI is InChI=1S/C12H17NO2S/c1-8-6-10(13-11(14)4-5-16)7-9(2)12(8)15-3/h6-7,16H,4-5H2,1-3H3,(H,13,14). The molecule has 0 fully saturated rings. The highest BCUT2D eigenvalue weighted by molar-refractivity contribution is 7.80. The van der Waals surface area contributed by atoms with Gasteiger partial charge in [-0.3, -0.25) is 4.79 Å². The number of carbonyl (C=O) groups is 1. The van der Waals surface area contributed by atoms with Gasteiger partial charge in [-0.1, -0.05) is 0 Å². The van der Waals surface area contributed by atoms with Crippen molar-refractivity contribution in [1.29, 1.82) is 0 Å². The highest BCUT2D eigenvalue weighted by Gasteiger charge is 2.07. The normalized spacial score (nSPS) is 10.0. The summed E-state index contributed by atoms with van der Waals surface area (Å²) in [5.74, 6) is 1.41. The summed E-state index contributed by atoms with van der Waals surface area (Å²) in [6.45, 7) is 3.92.